The maximum Gasteiger partial charge on any atom is 0.329 e. The zero-order valence-electron chi connectivity index (χ0n) is 16.7. The second-order valence-corrected chi connectivity index (χ2v) is 7.96. The number of carbonyl (C=O) groups excluding carboxylic acids is 2. The monoisotopic (exact) mass is 418 g/mol. The van der Waals surface area contributed by atoms with E-state index in [1.54, 1.807) is 9.80 Å². The number of carboxylic acid groups (broad SMARTS) is 1. The molecule has 3 saturated heterocycles. The van der Waals surface area contributed by atoms with Crippen LogP contribution in [0.1, 0.15) is 0 Å². The summed E-state index contributed by atoms with van der Waals surface area (Å²) >= 11 is 0. The van der Waals surface area contributed by atoms with Crippen LogP contribution in [0.4, 0.5) is 10.5 Å². The number of nitrogens with one attached hydrogen (secondary N) is 1. The number of para-hydroxylation sites is 1. The molecule has 10 nitrogen and oxygen atoms in total. The van der Waals surface area contributed by atoms with Crippen LogP contribution in [0.3, 0.4) is 0 Å². The second kappa shape index (κ2) is 8.58. The quantitative estimate of drug-likeness (QED) is 0.688. The first kappa shape index (κ1) is 20.6. The second-order valence-electron chi connectivity index (χ2n) is 7.96. The minimum atomic E-state index is -1.11. The lowest BCUT2D eigenvalue weighted by Crippen LogP contribution is -2.81. The Morgan fingerprint density at radius 1 is 1.13 bits per heavy atom. The van der Waals surface area contributed by atoms with Gasteiger partial charge in [0.15, 0.2) is 0 Å². The van der Waals surface area contributed by atoms with Crippen molar-refractivity contribution in [3.63, 3.8) is 0 Å². The standard InChI is InChI=1S/C20H26N4O6/c25-17(10-30-11-18(26)27)23-13-20(14-23)12-22(8-16-9-29-7-6-24(16)20)19(28)21-15-4-2-1-3-5-15/h1-5,16H,6-14H2,(H,21,28)(H,26,27)/t16-/m1/s1. The fraction of sp³-hybridized carbons (Fsp3) is 0.550. The van der Waals surface area contributed by atoms with Crippen LogP contribution in [0.25, 0.3) is 0 Å². The highest BCUT2D eigenvalue weighted by molar-refractivity contribution is 5.89. The van der Waals surface area contributed by atoms with Crippen LogP contribution in [0.15, 0.2) is 30.3 Å². The number of hydrogen-bond acceptors (Lipinski definition) is 6. The van der Waals surface area contributed by atoms with Crippen LogP contribution in [0.2, 0.25) is 0 Å². The van der Waals surface area contributed by atoms with Crippen molar-refractivity contribution in [2.45, 2.75) is 11.6 Å². The molecule has 3 fully saturated rings. The van der Waals surface area contributed by atoms with Gasteiger partial charge in [-0.05, 0) is 12.1 Å². The summed E-state index contributed by atoms with van der Waals surface area (Å²) in [7, 11) is 0. The molecule has 0 saturated carbocycles. The highest BCUT2D eigenvalue weighted by Gasteiger charge is 2.56. The molecule has 10 heteroatoms. The van der Waals surface area contributed by atoms with Crippen LogP contribution in [0, 0.1) is 0 Å². The van der Waals surface area contributed by atoms with Crippen LogP contribution in [-0.4, -0.2) is 108 Å². The van der Waals surface area contributed by atoms with Gasteiger partial charge in [0, 0.05) is 38.4 Å². The van der Waals surface area contributed by atoms with E-state index in [2.05, 4.69) is 10.2 Å². The molecule has 1 atom stereocenters. The summed E-state index contributed by atoms with van der Waals surface area (Å²) in [4.78, 5) is 41.6. The van der Waals surface area contributed by atoms with Crippen molar-refractivity contribution >= 4 is 23.6 Å². The summed E-state index contributed by atoms with van der Waals surface area (Å²) in [6, 6.07) is 9.22. The van der Waals surface area contributed by atoms with E-state index in [1.165, 1.54) is 0 Å². The summed E-state index contributed by atoms with van der Waals surface area (Å²) in [6.45, 7) is 3.23. The molecule has 3 aliphatic heterocycles. The number of piperazine rings is 1. The summed E-state index contributed by atoms with van der Waals surface area (Å²) in [5, 5.41) is 11.6. The Morgan fingerprint density at radius 3 is 2.60 bits per heavy atom. The van der Waals surface area contributed by atoms with Crippen molar-refractivity contribution in [3.05, 3.63) is 30.3 Å². The third kappa shape index (κ3) is 4.25. The van der Waals surface area contributed by atoms with Crippen molar-refractivity contribution in [1.82, 2.24) is 14.7 Å². The Bertz CT molecular complexity index is 798. The number of morpholine rings is 1. The van der Waals surface area contributed by atoms with E-state index in [1.807, 2.05) is 30.3 Å². The number of amides is 3. The van der Waals surface area contributed by atoms with Gasteiger partial charge in [-0.3, -0.25) is 9.69 Å². The molecule has 0 unspecified atom stereocenters. The Balaban J connectivity index is 1.40. The Kier molecular flexibility index (Phi) is 5.89. The number of ether oxygens (including phenoxy) is 2. The van der Waals surface area contributed by atoms with E-state index in [0.717, 1.165) is 12.2 Å². The van der Waals surface area contributed by atoms with E-state index in [0.29, 0.717) is 39.4 Å². The SMILES string of the molecule is O=C(O)COCC(=O)N1CC2(C1)CN(C(=O)Nc1ccccc1)C[C@@H]1COCCN12. The molecule has 3 heterocycles. The molecule has 1 aromatic rings. The molecule has 2 N–H and O–H groups in total. The summed E-state index contributed by atoms with van der Waals surface area (Å²) in [6.07, 6.45) is 0. The lowest BCUT2D eigenvalue weighted by Gasteiger charge is -2.63. The summed E-state index contributed by atoms with van der Waals surface area (Å²) in [5.41, 5.74) is 0.420. The van der Waals surface area contributed by atoms with Crippen LogP contribution in [-0.2, 0) is 19.1 Å². The molecule has 3 aliphatic rings. The molecular weight excluding hydrogens is 392 g/mol. The van der Waals surface area contributed by atoms with E-state index in [-0.39, 0.29) is 30.1 Å². The fourth-order valence-corrected chi connectivity index (χ4v) is 4.51. The highest BCUT2D eigenvalue weighted by Crippen LogP contribution is 2.36. The number of benzene rings is 1. The average Bonchev–Trinajstić information content (AvgIpc) is 2.71. The number of rotatable bonds is 5. The maximum absolute atomic E-state index is 12.9. The van der Waals surface area contributed by atoms with Gasteiger partial charge in [0.05, 0.1) is 24.8 Å². The van der Waals surface area contributed by atoms with E-state index in [9.17, 15) is 14.4 Å². The van der Waals surface area contributed by atoms with Crippen molar-refractivity contribution in [1.29, 1.82) is 0 Å². The van der Waals surface area contributed by atoms with Gasteiger partial charge in [-0.15, -0.1) is 0 Å². The number of nitrogens with zero attached hydrogens (tertiary/aromatic N) is 3. The molecule has 1 aromatic carbocycles. The predicted molar refractivity (Wildman–Crippen MR) is 106 cm³/mol. The van der Waals surface area contributed by atoms with Gasteiger partial charge in [0.25, 0.3) is 0 Å². The predicted octanol–water partition coefficient (Wildman–Crippen LogP) is -0.0829. The first-order valence-corrected chi connectivity index (χ1v) is 10.00. The number of carbonyl (C=O) groups is 3. The third-order valence-electron chi connectivity index (χ3n) is 5.84. The van der Waals surface area contributed by atoms with E-state index in [4.69, 9.17) is 14.6 Å². The molecule has 162 valence electrons. The number of likely N-dealkylation sites (tertiary alicyclic amines) is 1. The zero-order chi connectivity index (χ0) is 21.1. The van der Waals surface area contributed by atoms with E-state index < -0.39 is 12.6 Å². The maximum atomic E-state index is 12.9. The normalized spacial score (nSPS) is 22.9. The number of aliphatic carboxylic acids is 1. The molecule has 30 heavy (non-hydrogen) atoms. The minimum Gasteiger partial charge on any atom is -0.480 e. The summed E-state index contributed by atoms with van der Waals surface area (Å²) in [5.74, 6) is -1.34. The van der Waals surface area contributed by atoms with Gasteiger partial charge >= 0.3 is 12.0 Å². The molecule has 4 rings (SSSR count). The number of hydrogen-bond donors (Lipinski definition) is 2. The van der Waals surface area contributed by atoms with Gasteiger partial charge in [-0.25, -0.2) is 9.59 Å². The van der Waals surface area contributed by atoms with Crippen molar-refractivity contribution in [2.24, 2.45) is 0 Å². The summed E-state index contributed by atoms with van der Waals surface area (Å²) < 4.78 is 10.6. The first-order valence-electron chi connectivity index (χ1n) is 10.00. The lowest BCUT2D eigenvalue weighted by molar-refractivity contribution is -0.175. The fourth-order valence-electron chi connectivity index (χ4n) is 4.51. The zero-order valence-corrected chi connectivity index (χ0v) is 16.7. The number of carboxylic acids is 1. The smallest absolute Gasteiger partial charge is 0.329 e. The van der Waals surface area contributed by atoms with Gasteiger partial charge in [0.1, 0.15) is 13.2 Å². The molecule has 0 radical (unpaired) electrons. The van der Waals surface area contributed by atoms with Crippen molar-refractivity contribution in [2.75, 3.05) is 64.5 Å². The van der Waals surface area contributed by atoms with Crippen LogP contribution in [0.5, 0.6) is 0 Å². The molecule has 0 bridgehead atoms. The Labute approximate surface area is 174 Å². The number of fused-ring (bicyclic) bond motifs is 2. The Hall–Kier alpha value is -2.69. The molecule has 0 aliphatic carbocycles. The minimum absolute atomic E-state index is 0.0783. The third-order valence-corrected chi connectivity index (χ3v) is 5.84. The van der Waals surface area contributed by atoms with Gasteiger partial charge in [0.2, 0.25) is 5.91 Å². The first-order chi connectivity index (χ1) is 14.5. The molecule has 3 amide bonds. The van der Waals surface area contributed by atoms with Gasteiger partial charge in [-0.1, -0.05) is 18.2 Å². The van der Waals surface area contributed by atoms with Crippen LogP contribution >= 0.6 is 0 Å². The molecule has 1 spiro atoms. The van der Waals surface area contributed by atoms with Gasteiger partial charge in [-0.2, -0.15) is 0 Å². The number of urea groups is 1. The highest BCUT2D eigenvalue weighted by atomic mass is 16.5. The largest absolute Gasteiger partial charge is 0.480 e. The molecule has 0 aromatic heterocycles. The van der Waals surface area contributed by atoms with Crippen molar-refractivity contribution < 1.29 is 29.0 Å². The van der Waals surface area contributed by atoms with Gasteiger partial charge < -0.3 is 29.7 Å². The lowest BCUT2D eigenvalue weighted by atomic mass is 9.82. The average molecular weight is 418 g/mol. The Morgan fingerprint density at radius 2 is 1.87 bits per heavy atom. The van der Waals surface area contributed by atoms with Crippen molar-refractivity contribution in [3.8, 4) is 0 Å². The molecular formula is C20H26N4O6. The number of anilines is 1. The topological polar surface area (TPSA) is 112 Å². The van der Waals surface area contributed by atoms with Crippen LogP contribution < -0.4 is 5.32 Å². The van der Waals surface area contributed by atoms with E-state index >= 15 is 0 Å².